The molecule has 7 heteroatoms. The van der Waals surface area contributed by atoms with Gasteiger partial charge < -0.3 is 10.1 Å². The summed E-state index contributed by atoms with van der Waals surface area (Å²) in [5, 5.41) is 2.85. The molecule has 1 aromatic rings. The van der Waals surface area contributed by atoms with Gasteiger partial charge in [0.15, 0.2) is 0 Å². The van der Waals surface area contributed by atoms with Gasteiger partial charge in [-0.05, 0) is 49.5 Å². The number of nitrogens with one attached hydrogen (secondary N) is 1. The SMILES string of the molecule is O=C(C=Cc1ccc(N2CCCS2(=O)=O)cc1)NCCC1CCCO1. The fourth-order valence-corrected chi connectivity index (χ4v) is 4.70. The van der Waals surface area contributed by atoms with Crippen LogP contribution >= 0.6 is 0 Å². The number of benzene rings is 1. The Kier molecular flexibility index (Phi) is 5.75. The Morgan fingerprint density at radius 1 is 1.28 bits per heavy atom. The van der Waals surface area contributed by atoms with Crippen LogP contribution in [-0.2, 0) is 19.6 Å². The summed E-state index contributed by atoms with van der Waals surface area (Å²) in [7, 11) is -3.16. The molecular weight excluding hydrogens is 340 g/mol. The first-order chi connectivity index (χ1) is 12.0. The fraction of sp³-hybridized carbons (Fsp3) is 0.500. The molecule has 0 bridgehead atoms. The van der Waals surface area contributed by atoms with E-state index in [0.717, 1.165) is 31.4 Å². The molecule has 0 aromatic heterocycles. The van der Waals surface area contributed by atoms with Gasteiger partial charge in [0.2, 0.25) is 15.9 Å². The van der Waals surface area contributed by atoms with Crippen LogP contribution in [0.2, 0.25) is 0 Å². The van der Waals surface area contributed by atoms with Gasteiger partial charge in [0, 0.05) is 25.8 Å². The highest BCUT2D eigenvalue weighted by Gasteiger charge is 2.28. The van der Waals surface area contributed by atoms with Gasteiger partial charge in [-0.25, -0.2) is 8.42 Å². The number of hydrogen-bond acceptors (Lipinski definition) is 4. The summed E-state index contributed by atoms with van der Waals surface area (Å²) in [6.45, 7) is 1.97. The number of rotatable bonds is 6. The summed E-state index contributed by atoms with van der Waals surface area (Å²) < 4.78 is 30.8. The first-order valence-electron chi connectivity index (χ1n) is 8.73. The van der Waals surface area contributed by atoms with E-state index in [0.29, 0.717) is 25.2 Å². The fourth-order valence-electron chi connectivity index (χ4n) is 3.14. The van der Waals surface area contributed by atoms with Gasteiger partial charge in [0.25, 0.3) is 0 Å². The van der Waals surface area contributed by atoms with Crippen LogP contribution in [0.3, 0.4) is 0 Å². The van der Waals surface area contributed by atoms with Gasteiger partial charge in [-0.2, -0.15) is 0 Å². The Balaban J connectivity index is 1.48. The third-order valence-electron chi connectivity index (χ3n) is 4.50. The summed E-state index contributed by atoms with van der Waals surface area (Å²) in [4.78, 5) is 11.8. The number of carbonyl (C=O) groups is 1. The van der Waals surface area contributed by atoms with E-state index in [1.165, 1.54) is 10.4 Å². The minimum atomic E-state index is -3.16. The summed E-state index contributed by atoms with van der Waals surface area (Å²) in [5.74, 6) is 0.0740. The van der Waals surface area contributed by atoms with Crippen LogP contribution in [0.1, 0.15) is 31.2 Å². The van der Waals surface area contributed by atoms with E-state index in [1.54, 1.807) is 18.2 Å². The summed E-state index contributed by atoms with van der Waals surface area (Å²) in [6.07, 6.45) is 7.19. The number of carbonyl (C=O) groups excluding carboxylic acids is 1. The summed E-state index contributed by atoms with van der Waals surface area (Å²) in [6, 6.07) is 7.19. The molecule has 1 amide bonds. The van der Waals surface area contributed by atoms with Crippen molar-refractivity contribution in [3.8, 4) is 0 Å². The van der Waals surface area contributed by atoms with Crippen molar-refractivity contribution in [2.75, 3.05) is 29.8 Å². The lowest BCUT2D eigenvalue weighted by molar-refractivity contribution is -0.116. The maximum Gasteiger partial charge on any atom is 0.244 e. The Morgan fingerprint density at radius 3 is 2.72 bits per heavy atom. The van der Waals surface area contributed by atoms with Crippen molar-refractivity contribution in [2.24, 2.45) is 0 Å². The van der Waals surface area contributed by atoms with Crippen LogP contribution in [0.25, 0.3) is 6.08 Å². The largest absolute Gasteiger partial charge is 0.378 e. The van der Waals surface area contributed by atoms with E-state index in [1.807, 2.05) is 12.1 Å². The van der Waals surface area contributed by atoms with Crippen LogP contribution in [-0.4, -0.2) is 45.9 Å². The molecule has 6 nitrogen and oxygen atoms in total. The standard InChI is InChI=1S/C18H24N2O4S/c21-18(19-11-10-17-3-1-13-24-17)9-6-15-4-7-16(8-5-15)20-12-2-14-25(20,22)23/h4-9,17H,1-3,10-14H2,(H,19,21). The molecule has 25 heavy (non-hydrogen) atoms. The van der Waals surface area contributed by atoms with Gasteiger partial charge in [0.05, 0.1) is 17.5 Å². The Labute approximate surface area is 148 Å². The minimum absolute atomic E-state index is 0.135. The number of nitrogens with zero attached hydrogens (tertiary/aromatic N) is 1. The maximum absolute atomic E-state index is 11.9. The highest BCUT2D eigenvalue weighted by atomic mass is 32.2. The Bertz CT molecular complexity index is 722. The second-order valence-corrected chi connectivity index (χ2v) is 8.39. The van der Waals surface area contributed by atoms with Crippen molar-refractivity contribution in [3.63, 3.8) is 0 Å². The van der Waals surface area contributed by atoms with E-state index in [4.69, 9.17) is 4.74 Å². The third-order valence-corrected chi connectivity index (χ3v) is 6.37. The van der Waals surface area contributed by atoms with Gasteiger partial charge in [-0.1, -0.05) is 12.1 Å². The van der Waals surface area contributed by atoms with Gasteiger partial charge in [-0.15, -0.1) is 0 Å². The lowest BCUT2D eigenvalue weighted by Gasteiger charge is -2.16. The number of sulfonamides is 1. The zero-order chi connectivity index (χ0) is 17.7. The van der Waals surface area contributed by atoms with Crippen molar-refractivity contribution in [1.82, 2.24) is 5.32 Å². The topological polar surface area (TPSA) is 75.7 Å². The van der Waals surface area contributed by atoms with Crippen molar-refractivity contribution in [3.05, 3.63) is 35.9 Å². The zero-order valence-corrected chi connectivity index (χ0v) is 15.0. The van der Waals surface area contributed by atoms with Crippen LogP contribution in [0.5, 0.6) is 0 Å². The molecule has 136 valence electrons. The third kappa shape index (κ3) is 4.83. The summed E-state index contributed by atoms with van der Waals surface area (Å²) >= 11 is 0. The van der Waals surface area contributed by atoms with Gasteiger partial charge >= 0.3 is 0 Å². The molecule has 1 unspecified atom stereocenters. The smallest absolute Gasteiger partial charge is 0.244 e. The number of ether oxygens (including phenoxy) is 1. The molecule has 2 heterocycles. The highest BCUT2D eigenvalue weighted by Crippen LogP contribution is 2.24. The molecule has 1 N–H and O–H groups in total. The van der Waals surface area contributed by atoms with Crippen molar-refractivity contribution < 1.29 is 17.9 Å². The molecule has 3 rings (SSSR count). The lowest BCUT2D eigenvalue weighted by atomic mass is 10.2. The Hall–Kier alpha value is -1.86. The quantitative estimate of drug-likeness (QED) is 0.783. The normalized spacial score (nSPS) is 22.6. The van der Waals surface area contributed by atoms with E-state index >= 15 is 0 Å². The number of anilines is 1. The number of amides is 1. The first-order valence-corrected chi connectivity index (χ1v) is 10.3. The van der Waals surface area contributed by atoms with Crippen molar-refractivity contribution in [1.29, 1.82) is 0 Å². The molecule has 0 spiro atoms. The lowest BCUT2D eigenvalue weighted by Crippen LogP contribution is -2.25. The van der Waals surface area contributed by atoms with E-state index < -0.39 is 10.0 Å². The first kappa shape index (κ1) is 17.9. The van der Waals surface area contributed by atoms with Crippen LogP contribution in [0.15, 0.2) is 30.3 Å². The monoisotopic (exact) mass is 364 g/mol. The molecule has 0 radical (unpaired) electrons. The molecular formula is C18H24N2O4S. The predicted molar refractivity (Wildman–Crippen MR) is 97.8 cm³/mol. The minimum Gasteiger partial charge on any atom is -0.378 e. The van der Waals surface area contributed by atoms with Crippen molar-refractivity contribution >= 4 is 27.7 Å². The molecule has 2 fully saturated rings. The van der Waals surface area contributed by atoms with E-state index in [-0.39, 0.29) is 17.8 Å². The van der Waals surface area contributed by atoms with Gasteiger partial charge in [0.1, 0.15) is 0 Å². The summed E-state index contributed by atoms with van der Waals surface area (Å²) in [5.41, 5.74) is 1.53. The highest BCUT2D eigenvalue weighted by molar-refractivity contribution is 7.93. The van der Waals surface area contributed by atoms with E-state index in [2.05, 4.69) is 5.32 Å². The van der Waals surface area contributed by atoms with Crippen LogP contribution in [0, 0.1) is 0 Å². The molecule has 2 aliphatic rings. The van der Waals surface area contributed by atoms with Gasteiger partial charge in [-0.3, -0.25) is 9.10 Å². The number of hydrogen-bond donors (Lipinski definition) is 1. The Morgan fingerprint density at radius 2 is 2.08 bits per heavy atom. The second kappa shape index (κ2) is 8.01. The molecule has 0 saturated carbocycles. The average Bonchev–Trinajstić information content (AvgIpc) is 3.22. The molecule has 2 aliphatic heterocycles. The van der Waals surface area contributed by atoms with E-state index in [9.17, 15) is 13.2 Å². The predicted octanol–water partition coefficient (Wildman–Crippen LogP) is 1.93. The van der Waals surface area contributed by atoms with Crippen LogP contribution in [0.4, 0.5) is 5.69 Å². The molecule has 1 aromatic carbocycles. The van der Waals surface area contributed by atoms with Crippen LogP contribution < -0.4 is 9.62 Å². The molecule has 1 atom stereocenters. The van der Waals surface area contributed by atoms with Crippen molar-refractivity contribution in [2.45, 2.75) is 31.8 Å². The maximum atomic E-state index is 11.9. The second-order valence-electron chi connectivity index (χ2n) is 6.38. The molecule has 0 aliphatic carbocycles. The zero-order valence-electron chi connectivity index (χ0n) is 14.2. The average molecular weight is 364 g/mol. The molecule has 2 saturated heterocycles.